The van der Waals surface area contributed by atoms with Gasteiger partial charge in [0.05, 0.1) is 23.7 Å². The molecule has 0 saturated carbocycles. The van der Waals surface area contributed by atoms with Crippen molar-refractivity contribution in [2.24, 2.45) is 0 Å². The van der Waals surface area contributed by atoms with Gasteiger partial charge >= 0.3 is 12.4 Å². The first-order valence-electron chi connectivity index (χ1n) is 11.5. The molecule has 192 valence electrons. The van der Waals surface area contributed by atoms with Crippen molar-refractivity contribution < 1.29 is 22.7 Å². The molecule has 9 nitrogen and oxygen atoms in total. The fraction of sp³-hybridized carbons (Fsp3) is 0.308. The number of nitrogens with zero attached hydrogens (tertiary/aromatic N) is 5. The van der Waals surface area contributed by atoms with Crippen molar-refractivity contribution in [1.29, 1.82) is 0 Å². The number of aromatic nitrogens is 5. The highest BCUT2D eigenvalue weighted by Crippen LogP contribution is 2.24. The summed E-state index contributed by atoms with van der Waals surface area (Å²) >= 11 is 0. The summed E-state index contributed by atoms with van der Waals surface area (Å²) in [7, 11) is 0. The van der Waals surface area contributed by atoms with Gasteiger partial charge in [-0.2, -0.15) is 8.78 Å². The predicted molar refractivity (Wildman–Crippen MR) is 130 cm³/mol. The Balaban J connectivity index is 1.70. The molecule has 0 radical (unpaired) electrons. The van der Waals surface area contributed by atoms with Gasteiger partial charge in [0, 0.05) is 23.5 Å². The van der Waals surface area contributed by atoms with Crippen LogP contribution in [0.3, 0.4) is 0 Å². The number of carbonyl (C=O) groups excluding carboxylic acids is 1. The van der Waals surface area contributed by atoms with Crippen molar-refractivity contribution in [2.75, 3.05) is 0 Å². The van der Waals surface area contributed by atoms with Crippen LogP contribution in [0.4, 0.5) is 8.78 Å². The smallest absolute Gasteiger partial charge is 0.314 e. The summed E-state index contributed by atoms with van der Waals surface area (Å²) in [4.78, 5) is 35.1. The fourth-order valence-corrected chi connectivity index (χ4v) is 3.53. The van der Waals surface area contributed by atoms with Gasteiger partial charge in [0.1, 0.15) is 11.4 Å². The molecule has 0 aliphatic rings. The zero-order valence-electron chi connectivity index (χ0n) is 20.7. The Morgan fingerprint density at radius 1 is 1.03 bits per heavy atom. The zero-order valence-corrected chi connectivity index (χ0v) is 20.7. The lowest BCUT2D eigenvalue weighted by molar-refractivity contribution is -0.156. The fourth-order valence-electron chi connectivity index (χ4n) is 3.53. The van der Waals surface area contributed by atoms with Crippen LogP contribution in [-0.2, 0) is 16.1 Å². The van der Waals surface area contributed by atoms with E-state index in [1.54, 1.807) is 39.8 Å². The minimum atomic E-state index is -2.88. The van der Waals surface area contributed by atoms with Crippen LogP contribution in [-0.4, -0.2) is 36.3 Å². The van der Waals surface area contributed by atoms with Crippen molar-refractivity contribution >= 4 is 5.97 Å². The molecule has 0 fully saturated rings. The third-order valence-electron chi connectivity index (χ3n) is 5.35. The van der Waals surface area contributed by atoms with Gasteiger partial charge < -0.3 is 9.15 Å². The number of esters is 1. The molecule has 1 atom stereocenters. The lowest BCUT2D eigenvalue weighted by Gasteiger charge is -2.22. The van der Waals surface area contributed by atoms with E-state index in [0.717, 1.165) is 0 Å². The van der Waals surface area contributed by atoms with Crippen molar-refractivity contribution in [3.8, 4) is 22.8 Å². The van der Waals surface area contributed by atoms with Gasteiger partial charge in [0.15, 0.2) is 0 Å². The van der Waals surface area contributed by atoms with E-state index in [1.807, 2.05) is 30.3 Å². The van der Waals surface area contributed by atoms with Crippen molar-refractivity contribution in [3.05, 3.63) is 82.4 Å². The summed E-state index contributed by atoms with van der Waals surface area (Å²) in [6, 6.07) is 12.3. The summed E-state index contributed by atoms with van der Waals surface area (Å²) in [5.41, 5.74) is 0.623. The first-order chi connectivity index (χ1) is 17.5. The standard InChI is InChI=1S/C26H25F2N5O4/c1-15(25(35)37-26(2,3)4)19-13-30-21(16-8-6-5-7-9-16)33(24(19)34)14-18-11-10-17(12-29-18)22-31-32-23(36-22)20(27)28/h5-13,15,20H,14H2,1-4H3. The van der Waals surface area contributed by atoms with Gasteiger partial charge in [-0.05, 0) is 39.8 Å². The zero-order chi connectivity index (χ0) is 26.7. The molecule has 0 N–H and O–H groups in total. The highest BCUT2D eigenvalue weighted by Gasteiger charge is 2.27. The second kappa shape index (κ2) is 10.4. The maximum Gasteiger partial charge on any atom is 0.314 e. The highest BCUT2D eigenvalue weighted by molar-refractivity contribution is 5.78. The summed E-state index contributed by atoms with van der Waals surface area (Å²) in [6.07, 6.45) is -0.0754. The quantitative estimate of drug-likeness (QED) is 0.327. The average molecular weight is 510 g/mol. The molecule has 0 aliphatic carbocycles. The highest BCUT2D eigenvalue weighted by atomic mass is 19.3. The second-order valence-electron chi connectivity index (χ2n) is 9.33. The Kier molecular flexibility index (Phi) is 7.23. The molecule has 0 amide bonds. The Morgan fingerprint density at radius 2 is 1.76 bits per heavy atom. The van der Waals surface area contributed by atoms with E-state index in [0.29, 0.717) is 22.6 Å². The molecule has 3 heterocycles. The van der Waals surface area contributed by atoms with Gasteiger partial charge in [0.2, 0.25) is 5.89 Å². The predicted octanol–water partition coefficient (Wildman–Crippen LogP) is 4.79. The lowest BCUT2D eigenvalue weighted by Crippen LogP contribution is -2.33. The van der Waals surface area contributed by atoms with Gasteiger partial charge in [-0.25, -0.2) is 4.98 Å². The maximum absolute atomic E-state index is 13.6. The summed E-state index contributed by atoms with van der Waals surface area (Å²) in [5.74, 6) is -1.84. The molecule has 11 heteroatoms. The number of hydrogen-bond donors (Lipinski definition) is 0. The van der Waals surface area contributed by atoms with E-state index >= 15 is 0 Å². The molecular weight excluding hydrogens is 484 g/mol. The Bertz CT molecular complexity index is 1440. The van der Waals surface area contributed by atoms with E-state index < -0.39 is 35.4 Å². The molecule has 0 spiro atoms. The van der Waals surface area contributed by atoms with Gasteiger partial charge in [-0.15, -0.1) is 10.2 Å². The molecule has 4 aromatic rings. The van der Waals surface area contributed by atoms with Crippen molar-refractivity contribution in [3.63, 3.8) is 0 Å². The number of hydrogen-bond acceptors (Lipinski definition) is 8. The largest absolute Gasteiger partial charge is 0.460 e. The van der Waals surface area contributed by atoms with Gasteiger partial charge in [-0.1, -0.05) is 30.3 Å². The van der Waals surface area contributed by atoms with Crippen LogP contribution in [0.1, 0.15) is 57.2 Å². The normalized spacial score (nSPS) is 12.5. The number of rotatable bonds is 7. The summed E-state index contributed by atoms with van der Waals surface area (Å²) in [6.45, 7) is 6.90. The number of benzene rings is 1. The maximum atomic E-state index is 13.6. The number of alkyl halides is 2. The molecule has 0 saturated heterocycles. The minimum Gasteiger partial charge on any atom is -0.460 e. The third-order valence-corrected chi connectivity index (χ3v) is 5.35. The third kappa shape index (κ3) is 5.93. The van der Waals surface area contributed by atoms with Crippen LogP contribution in [0.2, 0.25) is 0 Å². The Hall–Kier alpha value is -4.28. The molecule has 4 rings (SSSR count). The number of carbonyl (C=O) groups is 1. The molecule has 0 aliphatic heterocycles. The summed E-state index contributed by atoms with van der Waals surface area (Å²) < 4.78 is 37.4. The molecule has 3 aromatic heterocycles. The van der Waals surface area contributed by atoms with E-state index in [1.165, 1.54) is 17.0 Å². The van der Waals surface area contributed by atoms with Crippen LogP contribution < -0.4 is 5.56 Å². The molecular formula is C26H25F2N5O4. The average Bonchev–Trinajstić information content (AvgIpc) is 3.36. The van der Waals surface area contributed by atoms with Gasteiger partial charge in [-0.3, -0.25) is 19.1 Å². The summed E-state index contributed by atoms with van der Waals surface area (Å²) in [5, 5.41) is 6.93. The van der Waals surface area contributed by atoms with E-state index in [4.69, 9.17) is 9.15 Å². The van der Waals surface area contributed by atoms with Crippen LogP contribution in [0.5, 0.6) is 0 Å². The monoisotopic (exact) mass is 509 g/mol. The topological polar surface area (TPSA) is 113 Å². The van der Waals surface area contributed by atoms with Crippen molar-refractivity contribution in [1.82, 2.24) is 24.7 Å². The van der Waals surface area contributed by atoms with Crippen LogP contribution >= 0.6 is 0 Å². The Labute approximate surface area is 211 Å². The minimum absolute atomic E-state index is 0.0390. The molecule has 1 aromatic carbocycles. The van der Waals surface area contributed by atoms with Gasteiger partial charge in [0.25, 0.3) is 11.4 Å². The van der Waals surface area contributed by atoms with Crippen LogP contribution in [0, 0.1) is 0 Å². The number of ether oxygens (including phenoxy) is 1. The lowest BCUT2D eigenvalue weighted by atomic mass is 10.0. The van der Waals surface area contributed by atoms with E-state index in [-0.39, 0.29) is 18.0 Å². The molecule has 37 heavy (non-hydrogen) atoms. The number of halogens is 2. The van der Waals surface area contributed by atoms with E-state index in [2.05, 4.69) is 20.2 Å². The molecule has 0 bridgehead atoms. The number of pyridine rings is 1. The van der Waals surface area contributed by atoms with Crippen molar-refractivity contribution in [2.45, 2.75) is 52.2 Å². The first kappa shape index (κ1) is 25.8. The van der Waals surface area contributed by atoms with E-state index in [9.17, 15) is 18.4 Å². The first-order valence-corrected chi connectivity index (χ1v) is 11.5. The van der Waals surface area contributed by atoms with Crippen LogP contribution in [0.25, 0.3) is 22.8 Å². The van der Waals surface area contributed by atoms with Crippen LogP contribution in [0.15, 0.2) is 64.1 Å². The molecule has 1 unspecified atom stereocenters. The Morgan fingerprint density at radius 3 is 2.35 bits per heavy atom. The SMILES string of the molecule is CC(C(=O)OC(C)(C)C)c1cnc(-c2ccccc2)n(Cc2ccc(-c3nnc(C(F)F)o3)cn2)c1=O. The second-order valence-corrected chi connectivity index (χ2v) is 9.33.